The van der Waals surface area contributed by atoms with Crippen LogP contribution in [0.5, 0.6) is 0 Å². The summed E-state index contributed by atoms with van der Waals surface area (Å²) in [5.74, 6) is 1.21. The summed E-state index contributed by atoms with van der Waals surface area (Å²) in [6, 6.07) is 0. The topological polar surface area (TPSA) is 64.2 Å². The van der Waals surface area contributed by atoms with Gasteiger partial charge in [-0.25, -0.2) is 4.98 Å². The van der Waals surface area contributed by atoms with Gasteiger partial charge in [0.05, 0.1) is 6.20 Å². The van der Waals surface area contributed by atoms with Gasteiger partial charge in [-0.15, -0.1) is 12.4 Å². The average Bonchev–Trinajstić information content (AvgIpc) is 2.91. The highest BCUT2D eigenvalue weighted by Gasteiger charge is 2.36. The number of nitrogens with zero attached hydrogens (tertiary/aromatic N) is 3. The van der Waals surface area contributed by atoms with Crippen molar-refractivity contribution in [1.82, 2.24) is 9.66 Å². The van der Waals surface area contributed by atoms with Crippen molar-refractivity contribution in [2.45, 2.75) is 19.3 Å². The molecule has 2 N–H and O–H groups in total. The van der Waals surface area contributed by atoms with Crippen molar-refractivity contribution in [2.75, 3.05) is 18.1 Å². The molecule has 94 valence electrons. The number of halogens is 1. The molecule has 0 bridgehead atoms. The highest BCUT2D eigenvalue weighted by Crippen LogP contribution is 2.36. The molecule has 1 aromatic heterocycles. The van der Waals surface area contributed by atoms with Gasteiger partial charge < -0.3 is 10.7 Å². The van der Waals surface area contributed by atoms with Gasteiger partial charge in [-0.05, 0) is 24.7 Å². The molecule has 1 aliphatic heterocycles. The smallest absolute Gasteiger partial charge is 0.268 e. The minimum Gasteiger partial charge on any atom is -0.364 e. The molecular weight excluding hydrogens is 240 g/mol. The van der Waals surface area contributed by atoms with Crippen molar-refractivity contribution in [2.24, 2.45) is 17.6 Å². The lowest BCUT2D eigenvalue weighted by atomic mass is 10.0. The molecule has 0 aromatic carbocycles. The van der Waals surface area contributed by atoms with Crippen LogP contribution < -0.4 is 10.7 Å². The number of hydrogen-bond acceptors (Lipinski definition) is 3. The second-order valence-corrected chi connectivity index (χ2v) is 4.83. The van der Waals surface area contributed by atoms with Gasteiger partial charge in [0.25, 0.3) is 5.91 Å². The molecule has 3 rings (SSSR count). The summed E-state index contributed by atoms with van der Waals surface area (Å²) in [5.41, 5.74) is 5.53. The van der Waals surface area contributed by atoms with E-state index in [1.807, 2.05) is 4.68 Å². The van der Waals surface area contributed by atoms with Gasteiger partial charge in [0.15, 0.2) is 0 Å². The van der Waals surface area contributed by atoms with Gasteiger partial charge in [0.2, 0.25) is 0 Å². The van der Waals surface area contributed by atoms with E-state index in [0.29, 0.717) is 5.69 Å². The van der Waals surface area contributed by atoms with Gasteiger partial charge in [-0.2, -0.15) is 0 Å². The molecule has 0 radical (unpaired) electrons. The molecule has 17 heavy (non-hydrogen) atoms. The van der Waals surface area contributed by atoms with E-state index < -0.39 is 5.91 Å². The number of fused-ring (bicyclic) bond motifs is 1. The fourth-order valence-corrected chi connectivity index (χ4v) is 2.99. The first-order valence-corrected chi connectivity index (χ1v) is 5.83. The Morgan fingerprint density at radius 2 is 2.00 bits per heavy atom. The number of nitrogens with two attached hydrogens (primary N) is 1. The lowest BCUT2D eigenvalue weighted by Gasteiger charge is -2.19. The van der Waals surface area contributed by atoms with E-state index in [1.165, 1.54) is 19.3 Å². The number of rotatable bonds is 2. The zero-order valence-electron chi connectivity index (χ0n) is 9.58. The van der Waals surface area contributed by atoms with E-state index in [9.17, 15) is 4.79 Å². The predicted octanol–water partition coefficient (Wildman–Crippen LogP) is 0.772. The third-order valence-electron chi connectivity index (χ3n) is 3.86. The summed E-state index contributed by atoms with van der Waals surface area (Å²) in [6.45, 7) is 2.17. The summed E-state index contributed by atoms with van der Waals surface area (Å²) in [5, 5.41) is 2.26. The highest BCUT2D eigenvalue weighted by molar-refractivity contribution is 5.90. The molecule has 1 aromatic rings. The largest absolute Gasteiger partial charge is 0.364 e. The fraction of sp³-hybridized carbons (Fsp3) is 0.636. The van der Waals surface area contributed by atoms with Crippen LogP contribution in [0, 0.1) is 11.8 Å². The summed E-state index contributed by atoms with van der Waals surface area (Å²) in [4.78, 5) is 15.0. The molecule has 6 heteroatoms. The van der Waals surface area contributed by atoms with Crippen molar-refractivity contribution in [3.8, 4) is 0 Å². The third-order valence-corrected chi connectivity index (χ3v) is 3.86. The van der Waals surface area contributed by atoms with Crippen LogP contribution in [0.2, 0.25) is 0 Å². The van der Waals surface area contributed by atoms with E-state index in [0.717, 1.165) is 24.9 Å². The maximum Gasteiger partial charge on any atom is 0.268 e. The first-order chi connectivity index (χ1) is 7.74. The Hall–Kier alpha value is -1.23. The monoisotopic (exact) mass is 256 g/mol. The van der Waals surface area contributed by atoms with Gasteiger partial charge in [-0.3, -0.25) is 9.47 Å². The van der Waals surface area contributed by atoms with Crippen molar-refractivity contribution in [3.05, 3.63) is 18.2 Å². The van der Waals surface area contributed by atoms with Gasteiger partial charge >= 0.3 is 0 Å². The molecule has 5 nitrogen and oxygen atoms in total. The Kier molecular flexibility index (Phi) is 3.28. The Balaban J connectivity index is 0.00000108. The molecular formula is C11H17ClN4O. The van der Waals surface area contributed by atoms with Crippen LogP contribution in [0.25, 0.3) is 0 Å². The first-order valence-electron chi connectivity index (χ1n) is 5.83. The van der Waals surface area contributed by atoms with E-state index in [4.69, 9.17) is 5.73 Å². The lowest BCUT2D eigenvalue weighted by molar-refractivity contribution is 0.0996. The molecule has 1 saturated carbocycles. The summed E-state index contributed by atoms with van der Waals surface area (Å²) in [6.07, 6.45) is 7.47. The molecule has 1 amide bonds. The number of carbonyl (C=O) groups is 1. The van der Waals surface area contributed by atoms with E-state index in [2.05, 4.69) is 9.99 Å². The normalized spacial score (nSPS) is 26.7. The van der Waals surface area contributed by atoms with Crippen LogP contribution in [-0.2, 0) is 0 Å². The average molecular weight is 257 g/mol. The highest BCUT2D eigenvalue weighted by atomic mass is 35.5. The molecule has 2 atom stereocenters. The van der Waals surface area contributed by atoms with Crippen LogP contribution in [-0.4, -0.2) is 28.7 Å². The number of amides is 1. The molecule has 2 unspecified atom stereocenters. The molecule has 1 saturated heterocycles. The maximum atomic E-state index is 11.0. The van der Waals surface area contributed by atoms with Crippen LogP contribution in [0.4, 0.5) is 0 Å². The summed E-state index contributed by atoms with van der Waals surface area (Å²) in [7, 11) is 0. The number of hydrogen-bond donors (Lipinski definition) is 1. The van der Waals surface area contributed by atoms with Gasteiger partial charge in [0, 0.05) is 13.1 Å². The molecule has 1 aliphatic carbocycles. The lowest BCUT2D eigenvalue weighted by Crippen LogP contribution is -2.31. The Morgan fingerprint density at radius 3 is 2.53 bits per heavy atom. The SMILES string of the molecule is Cl.NC(=O)c1cn(N2CC3CCCC3C2)cn1. The minimum absolute atomic E-state index is 0. The van der Waals surface area contributed by atoms with Crippen molar-refractivity contribution >= 4 is 18.3 Å². The second kappa shape index (κ2) is 4.56. The molecule has 2 aliphatic rings. The van der Waals surface area contributed by atoms with E-state index in [-0.39, 0.29) is 12.4 Å². The zero-order chi connectivity index (χ0) is 11.1. The minimum atomic E-state index is -0.460. The van der Waals surface area contributed by atoms with Crippen LogP contribution in [0.3, 0.4) is 0 Å². The van der Waals surface area contributed by atoms with Gasteiger partial charge in [-0.1, -0.05) is 6.42 Å². The van der Waals surface area contributed by atoms with E-state index in [1.54, 1.807) is 12.5 Å². The fourth-order valence-electron chi connectivity index (χ4n) is 2.99. The number of aromatic nitrogens is 2. The maximum absolute atomic E-state index is 11.0. The van der Waals surface area contributed by atoms with Crippen LogP contribution >= 0.6 is 12.4 Å². The standard InChI is InChI=1S/C11H16N4O.ClH/c12-11(16)10-6-15(7-13-10)14-4-8-2-1-3-9(8)5-14;/h6-9H,1-5H2,(H2,12,16);1H. The van der Waals surface area contributed by atoms with Crippen molar-refractivity contribution in [1.29, 1.82) is 0 Å². The van der Waals surface area contributed by atoms with Crippen LogP contribution in [0.1, 0.15) is 29.8 Å². The second-order valence-electron chi connectivity index (χ2n) is 4.83. The zero-order valence-corrected chi connectivity index (χ0v) is 10.4. The van der Waals surface area contributed by atoms with Crippen LogP contribution in [0.15, 0.2) is 12.5 Å². The molecule has 2 fully saturated rings. The number of carbonyl (C=O) groups excluding carboxylic acids is 1. The summed E-state index contributed by atoms with van der Waals surface area (Å²) < 4.78 is 1.92. The quantitative estimate of drug-likeness (QED) is 0.850. The van der Waals surface area contributed by atoms with Gasteiger partial charge in [0.1, 0.15) is 12.0 Å². The van der Waals surface area contributed by atoms with Crippen molar-refractivity contribution in [3.63, 3.8) is 0 Å². The number of primary amides is 1. The predicted molar refractivity (Wildman–Crippen MR) is 66.8 cm³/mol. The Morgan fingerprint density at radius 1 is 1.35 bits per heavy atom. The van der Waals surface area contributed by atoms with Crippen molar-refractivity contribution < 1.29 is 4.79 Å². The first kappa shape index (κ1) is 12.2. The summed E-state index contributed by atoms with van der Waals surface area (Å²) >= 11 is 0. The molecule has 0 spiro atoms. The number of imidazole rings is 1. The third kappa shape index (κ3) is 2.11. The Bertz CT molecular complexity index is 407. The molecule has 2 heterocycles. The Labute approximate surface area is 106 Å². The van der Waals surface area contributed by atoms with E-state index >= 15 is 0 Å².